The molecule has 0 unspecified atom stereocenters. The molecule has 0 atom stereocenters. The Morgan fingerprint density at radius 1 is 1.44 bits per heavy atom. The third kappa shape index (κ3) is 4.68. The molecule has 1 aromatic rings. The van der Waals surface area contributed by atoms with Crippen molar-refractivity contribution in [3.05, 3.63) is 24.3 Å². The molecule has 0 fully saturated rings. The number of benzene rings is 1. The molecule has 0 aliphatic heterocycles. The molecule has 0 aliphatic carbocycles. The van der Waals surface area contributed by atoms with Gasteiger partial charge in [0.15, 0.2) is 0 Å². The molecular formula is C12H17N3O2S. The zero-order chi connectivity index (χ0) is 13.5. The zero-order valence-corrected chi connectivity index (χ0v) is 11.3. The van der Waals surface area contributed by atoms with Crippen LogP contribution in [0.4, 0.5) is 5.69 Å². The van der Waals surface area contributed by atoms with Gasteiger partial charge in [-0.3, -0.25) is 9.69 Å². The highest BCUT2D eigenvalue weighted by atomic mass is 32.1. The van der Waals surface area contributed by atoms with Crippen LogP contribution in [0.1, 0.15) is 0 Å². The smallest absolute Gasteiger partial charge is 0.238 e. The molecule has 3 N–H and O–H groups in total. The summed E-state index contributed by atoms with van der Waals surface area (Å²) >= 11 is 4.78. The molecule has 0 heterocycles. The van der Waals surface area contributed by atoms with Gasteiger partial charge in [0.05, 0.1) is 24.3 Å². The minimum Gasteiger partial charge on any atom is -0.495 e. The second-order valence-electron chi connectivity index (χ2n) is 3.89. The lowest BCUT2D eigenvalue weighted by Gasteiger charge is -2.16. The summed E-state index contributed by atoms with van der Waals surface area (Å²) in [5.41, 5.74) is 6.05. The number of amides is 1. The van der Waals surface area contributed by atoms with Crippen LogP contribution in [0, 0.1) is 0 Å². The SMILES string of the molecule is COc1ccccc1NC(=O)CN(C)CC(N)=S. The maximum Gasteiger partial charge on any atom is 0.238 e. The maximum absolute atomic E-state index is 11.8. The number of carbonyl (C=O) groups is 1. The molecule has 18 heavy (non-hydrogen) atoms. The molecule has 1 aromatic carbocycles. The van der Waals surface area contributed by atoms with Gasteiger partial charge >= 0.3 is 0 Å². The summed E-state index contributed by atoms with van der Waals surface area (Å²) in [6, 6.07) is 7.24. The van der Waals surface area contributed by atoms with Gasteiger partial charge in [-0.05, 0) is 19.2 Å². The zero-order valence-electron chi connectivity index (χ0n) is 10.5. The van der Waals surface area contributed by atoms with Gasteiger partial charge in [-0.25, -0.2) is 0 Å². The first-order chi connectivity index (χ1) is 8.52. The average Bonchev–Trinajstić information content (AvgIpc) is 2.28. The topological polar surface area (TPSA) is 67.6 Å². The quantitative estimate of drug-likeness (QED) is 0.748. The van der Waals surface area contributed by atoms with E-state index in [1.54, 1.807) is 31.2 Å². The number of carbonyl (C=O) groups excluding carboxylic acids is 1. The monoisotopic (exact) mass is 267 g/mol. The van der Waals surface area contributed by atoms with E-state index in [2.05, 4.69) is 5.32 Å². The van der Waals surface area contributed by atoms with Crippen LogP contribution in [-0.2, 0) is 4.79 Å². The summed E-state index contributed by atoms with van der Waals surface area (Å²) in [4.78, 5) is 13.9. The molecular weight excluding hydrogens is 250 g/mol. The number of nitrogens with one attached hydrogen (secondary N) is 1. The van der Waals surface area contributed by atoms with E-state index < -0.39 is 0 Å². The number of nitrogens with two attached hydrogens (primary N) is 1. The predicted molar refractivity (Wildman–Crippen MR) is 75.9 cm³/mol. The van der Waals surface area contributed by atoms with Crippen LogP contribution in [-0.4, -0.2) is 43.0 Å². The standard InChI is InChI=1S/C12H17N3O2S/c1-15(7-11(13)18)8-12(16)14-9-5-3-4-6-10(9)17-2/h3-6H,7-8H2,1-2H3,(H2,13,18)(H,14,16). The van der Waals surface area contributed by atoms with Gasteiger partial charge in [0.1, 0.15) is 5.75 Å². The van der Waals surface area contributed by atoms with Crippen molar-refractivity contribution in [1.29, 1.82) is 0 Å². The molecule has 6 heteroatoms. The molecule has 0 bridgehead atoms. The van der Waals surface area contributed by atoms with Gasteiger partial charge in [0.2, 0.25) is 5.91 Å². The first-order valence-corrected chi connectivity index (χ1v) is 5.83. The van der Waals surface area contributed by atoms with Crippen LogP contribution < -0.4 is 15.8 Å². The highest BCUT2D eigenvalue weighted by Crippen LogP contribution is 2.22. The summed E-state index contributed by atoms with van der Waals surface area (Å²) in [6.45, 7) is 0.629. The van der Waals surface area contributed by atoms with Crippen LogP contribution in [0.5, 0.6) is 5.75 Å². The third-order valence-corrected chi connectivity index (χ3v) is 2.35. The Kier molecular flexibility index (Phi) is 5.54. The van der Waals surface area contributed by atoms with E-state index in [9.17, 15) is 4.79 Å². The number of hydrogen-bond donors (Lipinski definition) is 2. The fraction of sp³-hybridized carbons (Fsp3) is 0.333. The second-order valence-corrected chi connectivity index (χ2v) is 4.41. The number of likely N-dealkylation sites (N-methyl/N-ethyl adjacent to an activating group) is 1. The summed E-state index contributed by atoms with van der Waals surface area (Å²) in [6.07, 6.45) is 0. The normalized spacial score (nSPS) is 10.2. The van der Waals surface area contributed by atoms with E-state index in [1.165, 1.54) is 0 Å². The molecule has 5 nitrogen and oxygen atoms in total. The fourth-order valence-corrected chi connectivity index (χ4v) is 1.73. The van der Waals surface area contributed by atoms with Crippen molar-refractivity contribution >= 4 is 28.8 Å². The van der Waals surface area contributed by atoms with E-state index in [0.29, 0.717) is 23.0 Å². The molecule has 1 amide bonds. The van der Waals surface area contributed by atoms with Gasteiger partial charge in [-0.1, -0.05) is 24.4 Å². The second kappa shape index (κ2) is 6.93. The van der Waals surface area contributed by atoms with Crippen LogP contribution >= 0.6 is 12.2 Å². The number of anilines is 1. The number of thiocarbonyl (C=S) groups is 1. The number of rotatable bonds is 6. The van der Waals surface area contributed by atoms with Crippen molar-refractivity contribution in [2.45, 2.75) is 0 Å². The Morgan fingerprint density at radius 3 is 2.72 bits per heavy atom. The van der Waals surface area contributed by atoms with Crippen LogP contribution in [0.15, 0.2) is 24.3 Å². The van der Waals surface area contributed by atoms with E-state index >= 15 is 0 Å². The van der Waals surface area contributed by atoms with Gasteiger partial charge in [-0.15, -0.1) is 0 Å². The Balaban J connectivity index is 2.56. The van der Waals surface area contributed by atoms with Crippen molar-refractivity contribution in [2.24, 2.45) is 5.73 Å². The van der Waals surface area contributed by atoms with Crippen molar-refractivity contribution in [1.82, 2.24) is 4.90 Å². The molecule has 0 aliphatic rings. The van der Waals surface area contributed by atoms with E-state index in [-0.39, 0.29) is 12.5 Å². The van der Waals surface area contributed by atoms with Crippen molar-refractivity contribution in [2.75, 3.05) is 32.6 Å². The van der Waals surface area contributed by atoms with E-state index in [0.717, 1.165) is 0 Å². The van der Waals surface area contributed by atoms with E-state index in [1.807, 2.05) is 12.1 Å². The molecule has 0 radical (unpaired) electrons. The Morgan fingerprint density at radius 2 is 2.11 bits per heavy atom. The van der Waals surface area contributed by atoms with Gasteiger partial charge in [-0.2, -0.15) is 0 Å². The fourth-order valence-electron chi connectivity index (χ4n) is 1.50. The Labute approximate surface area is 112 Å². The minimum absolute atomic E-state index is 0.141. The van der Waals surface area contributed by atoms with Crippen LogP contribution in [0.25, 0.3) is 0 Å². The van der Waals surface area contributed by atoms with Crippen molar-refractivity contribution in [3.8, 4) is 5.75 Å². The van der Waals surface area contributed by atoms with Crippen molar-refractivity contribution in [3.63, 3.8) is 0 Å². The third-order valence-electron chi connectivity index (χ3n) is 2.22. The summed E-state index contributed by atoms with van der Waals surface area (Å²) in [5, 5.41) is 2.78. The van der Waals surface area contributed by atoms with Gasteiger partial charge in [0.25, 0.3) is 0 Å². The van der Waals surface area contributed by atoms with E-state index in [4.69, 9.17) is 22.7 Å². The minimum atomic E-state index is -0.141. The summed E-state index contributed by atoms with van der Waals surface area (Å²) in [7, 11) is 3.34. The lowest BCUT2D eigenvalue weighted by Crippen LogP contribution is -2.35. The molecule has 0 saturated heterocycles. The number of hydrogen-bond acceptors (Lipinski definition) is 4. The molecule has 1 rings (SSSR count). The number of ether oxygens (including phenoxy) is 1. The molecule has 0 aromatic heterocycles. The highest BCUT2D eigenvalue weighted by Gasteiger charge is 2.09. The average molecular weight is 267 g/mol. The summed E-state index contributed by atoms with van der Waals surface area (Å²) in [5.74, 6) is 0.487. The first kappa shape index (κ1) is 14.4. The Bertz CT molecular complexity index is 437. The lowest BCUT2D eigenvalue weighted by molar-refractivity contribution is -0.116. The molecule has 0 spiro atoms. The van der Waals surface area contributed by atoms with Crippen LogP contribution in [0.3, 0.4) is 0 Å². The van der Waals surface area contributed by atoms with Gasteiger partial charge in [0, 0.05) is 6.54 Å². The Hall–Kier alpha value is -1.66. The molecule has 0 saturated carbocycles. The predicted octanol–water partition coefficient (Wildman–Crippen LogP) is 0.852. The highest BCUT2D eigenvalue weighted by molar-refractivity contribution is 7.80. The molecule has 98 valence electrons. The van der Waals surface area contributed by atoms with Gasteiger partial charge < -0.3 is 15.8 Å². The number of methoxy groups -OCH3 is 1. The van der Waals surface area contributed by atoms with Crippen molar-refractivity contribution < 1.29 is 9.53 Å². The lowest BCUT2D eigenvalue weighted by atomic mass is 10.3. The summed E-state index contributed by atoms with van der Waals surface area (Å²) < 4.78 is 5.15. The first-order valence-electron chi connectivity index (χ1n) is 5.42. The largest absolute Gasteiger partial charge is 0.495 e. The number of nitrogens with zero attached hydrogens (tertiary/aromatic N) is 1. The van der Waals surface area contributed by atoms with Crippen LogP contribution in [0.2, 0.25) is 0 Å². The number of para-hydroxylation sites is 2. The maximum atomic E-state index is 11.8.